The number of hydrogen-bond donors (Lipinski definition) is 3. The van der Waals surface area contributed by atoms with Gasteiger partial charge in [0.05, 0.1) is 11.4 Å². The number of benzene rings is 1. The molecular weight excluding hydrogens is 380 g/mol. The van der Waals surface area contributed by atoms with Crippen LogP contribution in [0.25, 0.3) is 0 Å². The van der Waals surface area contributed by atoms with Crippen molar-refractivity contribution in [1.29, 1.82) is 0 Å². The molecule has 1 unspecified atom stereocenters. The minimum absolute atomic E-state index is 0.0333. The molecule has 0 aliphatic heterocycles. The molecule has 8 nitrogen and oxygen atoms in total. The topological polar surface area (TPSA) is 122 Å². The maximum atomic E-state index is 12.2. The van der Waals surface area contributed by atoms with Crippen molar-refractivity contribution in [3.05, 3.63) is 52.2 Å². The largest absolute Gasteiger partial charge is 0.479 e. The van der Waals surface area contributed by atoms with E-state index in [-0.39, 0.29) is 23.5 Å². The number of sulfonamides is 1. The van der Waals surface area contributed by atoms with Gasteiger partial charge in [0.25, 0.3) is 5.91 Å². The molecule has 0 spiro atoms. The van der Waals surface area contributed by atoms with Gasteiger partial charge in [0.15, 0.2) is 6.10 Å². The lowest BCUT2D eigenvalue weighted by atomic mass is 10.2. The first kappa shape index (κ1) is 20.0. The monoisotopic (exact) mass is 398 g/mol. The molecule has 0 aliphatic carbocycles. The normalized spacial score (nSPS) is 12.5. The van der Waals surface area contributed by atoms with Crippen LogP contribution < -0.4 is 10.0 Å². The van der Waals surface area contributed by atoms with E-state index in [2.05, 4.69) is 10.0 Å². The number of carbonyl (C=O) groups is 2. The molecule has 0 saturated carbocycles. The molecule has 0 saturated heterocycles. The lowest BCUT2D eigenvalue weighted by Gasteiger charge is -2.12. The molecule has 0 fully saturated rings. The number of nitrogens with one attached hydrogen (secondary N) is 2. The second-order valence-corrected chi connectivity index (χ2v) is 8.00. The van der Waals surface area contributed by atoms with E-state index in [9.17, 15) is 18.0 Å². The van der Waals surface area contributed by atoms with Crippen molar-refractivity contribution in [3.8, 4) is 0 Å². The molecule has 1 aromatic carbocycles. The van der Waals surface area contributed by atoms with Gasteiger partial charge in [-0.1, -0.05) is 6.07 Å². The van der Waals surface area contributed by atoms with Crippen LogP contribution in [-0.2, 0) is 26.1 Å². The molecule has 1 heterocycles. The third-order valence-corrected chi connectivity index (χ3v) is 5.74. The highest BCUT2D eigenvalue weighted by molar-refractivity contribution is 7.89. The van der Waals surface area contributed by atoms with Gasteiger partial charge in [-0.05, 0) is 35.7 Å². The SMILES string of the molecule is COC(CNC(=O)c1ccc(S(=O)(=O)NCc2cccs2)cc1)C(=O)O. The molecular formula is C16H18N2O6S2. The van der Waals surface area contributed by atoms with Crippen molar-refractivity contribution >= 4 is 33.2 Å². The number of thiophene rings is 1. The molecule has 0 radical (unpaired) electrons. The molecule has 1 amide bonds. The minimum Gasteiger partial charge on any atom is -0.479 e. The second-order valence-electron chi connectivity index (χ2n) is 5.20. The molecule has 140 valence electrons. The van der Waals surface area contributed by atoms with E-state index in [1.807, 2.05) is 17.5 Å². The Labute approximate surface area is 154 Å². The van der Waals surface area contributed by atoms with E-state index in [0.717, 1.165) is 4.88 Å². The molecule has 2 rings (SSSR count). The average Bonchev–Trinajstić information content (AvgIpc) is 3.14. The fourth-order valence-electron chi connectivity index (χ4n) is 2.01. The van der Waals surface area contributed by atoms with E-state index in [1.165, 1.54) is 42.7 Å². The smallest absolute Gasteiger partial charge is 0.334 e. The summed E-state index contributed by atoms with van der Waals surface area (Å²) in [6.45, 7) is -0.0110. The van der Waals surface area contributed by atoms with Gasteiger partial charge in [0.2, 0.25) is 10.0 Å². The van der Waals surface area contributed by atoms with Crippen molar-refractivity contribution in [2.24, 2.45) is 0 Å². The van der Waals surface area contributed by atoms with E-state index in [0.29, 0.717) is 0 Å². The van der Waals surface area contributed by atoms with Crippen LogP contribution in [0.3, 0.4) is 0 Å². The predicted molar refractivity (Wildman–Crippen MR) is 95.6 cm³/mol. The number of rotatable bonds is 9. The van der Waals surface area contributed by atoms with Crippen molar-refractivity contribution in [2.75, 3.05) is 13.7 Å². The zero-order chi connectivity index (χ0) is 19.2. The summed E-state index contributed by atoms with van der Waals surface area (Å²) in [5.74, 6) is -1.71. The number of aliphatic carboxylic acids is 1. The van der Waals surface area contributed by atoms with Crippen molar-refractivity contribution in [2.45, 2.75) is 17.5 Å². The van der Waals surface area contributed by atoms with Crippen LogP contribution in [0, 0.1) is 0 Å². The highest BCUT2D eigenvalue weighted by atomic mass is 32.2. The average molecular weight is 398 g/mol. The van der Waals surface area contributed by atoms with Gasteiger partial charge in [-0.15, -0.1) is 11.3 Å². The first-order valence-electron chi connectivity index (χ1n) is 7.49. The number of methoxy groups -OCH3 is 1. The van der Waals surface area contributed by atoms with Gasteiger partial charge in [-0.2, -0.15) is 0 Å². The van der Waals surface area contributed by atoms with Crippen LogP contribution in [0.4, 0.5) is 0 Å². The molecule has 1 aromatic heterocycles. The van der Waals surface area contributed by atoms with Gasteiger partial charge < -0.3 is 15.2 Å². The standard InChI is InChI=1S/C16H18N2O6S2/c1-24-14(16(20)21)10-17-15(19)11-4-6-13(7-5-11)26(22,23)18-9-12-3-2-8-25-12/h2-8,14,18H,9-10H2,1H3,(H,17,19)(H,20,21). The summed E-state index contributed by atoms with van der Waals surface area (Å²) in [7, 11) is -2.46. The Morgan fingerprint density at radius 2 is 1.92 bits per heavy atom. The highest BCUT2D eigenvalue weighted by Gasteiger charge is 2.18. The molecule has 3 N–H and O–H groups in total. The van der Waals surface area contributed by atoms with Crippen LogP contribution in [0.5, 0.6) is 0 Å². The number of carboxylic acid groups (broad SMARTS) is 1. The predicted octanol–water partition coefficient (Wildman–Crippen LogP) is 1.06. The Bertz CT molecular complexity index is 847. The maximum Gasteiger partial charge on any atom is 0.334 e. The van der Waals surface area contributed by atoms with E-state index >= 15 is 0 Å². The Morgan fingerprint density at radius 1 is 1.23 bits per heavy atom. The van der Waals surface area contributed by atoms with E-state index < -0.39 is 28.0 Å². The van der Waals surface area contributed by atoms with Gasteiger partial charge in [0.1, 0.15) is 0 Å². The first-order chi connectivity index (χ1) is 12.3. The summed E-state index contributed by atoms with van der Waals surface area (Å²) in [4.78, 5) is 23.8. The molecule has 0 aliphatic rings. The van der Waals surface area contributed by atoms with Gasteiger partial charge in [0, 0.05) is 24.1 Å². The highest BCUT2D eigenvalue weighted by Crippen LogP contribution is 2.13. The quantitative estimate of drug-likeness (QED) is 0.581. The molecule has 2 aromatic rings. The molecule has 10 heteroatoms. The summed E-state index contributed by atoms with van der Waals surface area (Å²) in [5.41, 5.74) is 0.211. The Morgan fingerprint density at radius 3 is 2.46 bits per heavy atom. The summed E-state index contributed by atoms with van der Waals surface area (Å²) < 4.78 is 31.7. The van der Waals surface area contributed by atoms with Gasteiger partial charge in [-0.3, -0.25) is 4.79 Å². The van der Waals surface area contributed by atoms with Crippen molar-refractivity contribution in [1.82, 2.24) is 10.0 Å². The zero-order valence-corrected chi connectivity index (χ0v) is 15.5. The van der Waals surface area contributed by atoms with Crippen molar-refractivity contribution in [3.63, 3.8) is 0 Å². The first-order valence-corrected chi connectivity index (χ1v) is 9.85. The third-order valence-electron chi connectivity index (χ3n) is 3.45. The van der Waals surface area contributed by atoms with Crippen LogP contribution in [0.15, 0.2) is 46.7 Å². The third kappa shape index (κ3) is 5.36. The zero-order valence-electron chi connectivity index (χ0n) is 13.8. The summed E-state index contributed by atoms with van der Waals surface area (Å²) in [6, 6.07) is 9.01. The van der Waals surface area contributed by atoms with Crippen LogP contribution in [-0.4, -0.2) is 45.2 Å². The Hall–Kier alpha value is -2.27. The number of amides is 1. The molecule has 26 heavy (non-hydrogen) atoms. The van der Waals surface area contributed by atoms with E-state index in [4.69, 9.17) is 9.84 Å². The lowest BCUT2D eigenvalue weighted by molar-refractivity contribution is -0.148. The lowest BCUT2D eigenvalue weighted by Crippen LogP contribution is -2.37. The summed E-state index contributed by atoms with van der Waals surface area (Å²) in [6.07, 6.45) is -1.15. The number of hydrogen-bond acceptors (Lipinski definition) is 6. The van der Waals surface area contributed by atoms with Crippen molar-refractivity contribution < 1.29 is 27.9 Å². The van der Waals surface area contributed by atoms with Crippen LogP contribution in [0.2, 0.25) is 0 Å². The van der Waals surface area contributed by atoms with Crippen LogP contribution >= 0.6 is 11.3 Å². The molecule has 0 bridgehead atoms. The fourth-order valence-corrected chi connectivity index (χ4v) is 3.75. The Kier molecular flexibility index (Phi) is 6.86. The minimum atomic E-state index is -3.69. The van der Waals surface area contributed by atoms with Crippen LogP contribution in [0.1, 0.15) is 15.2 Å². The maximum absolute atomic E-state index is 12.2. The Balaban J connectivity index is 1.98. The van der Waals surface area contributed by atoms with Gasteiger partial charge in [-0.25, -0.2) is 17.9 Å². The second kappa shape index (κ2) is 8.90. The number of carbonyl (C=O) groups excluding carboxylic acids is 1. The molecule has 1 atom stereocenters. The van der Waals surface area contributed by atoms with E-state index in [1.54, 1.807) is 0 Å². The number of ether oxygens (including phenoxy) is 1. The summed E-state index contributed by atoms with van der Waals surface area (Å²) >= 11 is 1.44. The number of carboxylic acids is 1. The van der Waals surface area contributed by atoms with Gasteiger partial charge >= 0.3 is 5.97 Å². The fraction of sp³-hybridized carbons (Fsp3) is 0.250. The summed E-state index contributed by atoms with van der Waals surface area (Å²) in [5, 5.41) is 13.1.